The van der Waals surface area contributed by atoms with E-state index in [0.717, 1.165) is 25.8 Å². The Morgan fingerprint density at radius 2 is 2.16 bits per heavy atom. The number of carbonyl (C=O) groups is 2. The van der Waals surface area contributed by atoms with Gasteiger partial charge in [0.05, 0.1) is 6.20 Å². The van der Waals surface area contributed by atoms with Crippen LogP contribution in [0, 0.1) is 0 Å². The molecule has 1 fully saturated rings. The number of amides is 2. The smallest absolute Gasteiger partial charge is 0.296 e. The third-order valence-corrected chi connectivity index (χ3v) is 5.34. The maximum atomic E-state index is 12.6. The Bertz CT molecular complexity index is 985. The SMILES string of the molecule is CN(C)CCCC(=O)N1CCCC(c2nc(C(=O)Nc3cnoc3)c(O)c(=O)n2C)C1. The minimum Gasteiger partial charge on any atom is -0.501 e. The van der Waals surface area contributed by atoms with Gasteiger partial charge in [0, 0.05) is 32.5 Å². The lowest BCUT2D eigenvalue weighted by Crippen LogP contribution is -2.41. The number of hydrogen-bond acceptors (Lipinski definition) is 8. The standard InChI is InChI=1S/C20H28N6O5/c1-24(2)8-5-7-15(27)26-9-4-6-13(11-26)18-23-16(17(28)20(30)25(18)3)19(29)22-14-10-21-31-12-14/h10,12-13,28H,4-9,11H2,1-3H3,(H,22,29). The van der Waals surface area contributed by atoms with Gasteiger partial charge in [0.1, 0.15) is 17.8 Å². The van der Waals surface area contributed by atoms with Crippen LogP contribution in [-0.4, -0.2) is 75.2 Å². The van der Waals surface area contributed by atoms with Gasteiger partial charge in [0.2, 0.25) is 11.7 Å². The molecule has 1 atom stereocenters. The Morgan fingerprint density at radius 1 is 1.39 bits per heavy atom. The lowest BCUT2D eigenvalue weighted by atomic mass is 9.96. The molecule has 2 aromatic rings. The molecule has 0 aliphatic carbocycles. The first-order chi connectivity index (χ1) is 14.8. The molecule has 2 aromatic heterocycles. The van der Waals surface area contributed by atoms with Gasteiger partial charge in [-0.2, -0.15) is 0 Å². The minimum atomic E-state index is -0.743. The second kappa shape index (κ2) is 9.73. The molecule has 2 amide bonds. The van der Waals surface area contributed by atoms with Crippen LogP contribution >= 0.6 is 0 Å². The molecule has 168 valence electrons. The first-order valence-electron chi connectivity index (χ1n) is 10.2. The molecular formula is C20H28N6O5. The van der Waals surface area contributed by atoms with E-state index in [4.69, 9.17) is 0 Å². The zero-order chi connectivity index (χ0) is 22.5. The van der Waals surface area contributed by atoms with E-state index in [1.165, 1.54) is 24.1 Å². The number of likely N-dealkylation sites (tertiary alicyclic amines) is 1. The third-order valence-electron chi connectivity index (χ3n) is 5.34. The van der Waals surface area contributed by atoms with Crippen molar-refractivity contribution in [1.82, 2.24) is 24.5 Å². The van der Waals surface area contributed by atoms with Crippen molar-refractivity contribution in [2.24, 2.45) is 7.05 Å². The number of piperidine rings is 1. The van der Waals surface area contributed by atoms with E-state index in [2.05, 4.69) is 20.0 Å². The lowest BCUT2D eigenvalue weighted by molar-refractivity contribution is -0.132. The van der Waals surface area contributed by atoms with Crippen molar-refractivity contribution in [3.8, 4) is 5.75 Å². The molecule has 11 heteroatoms. The van der Waals surface area contributed by atoms with Crippen LogP contribution in [0.3, 0.4) is 0 Å². The second-order valence-electron chi connectivity index (χ2n) is 7.98. The van der Waals surface area contributed by atoms with Gasteiger partial charge in [-0.3, -0.25) is 19.0 Å². The lowest BCUT2D eigenvalue weighted by Gasteiger charge is -2.33. The molecule has 2 N–H and O–H groups in total. The molecule has 1 saturated heterocycles. The summed E-state index contributed by atoms with van der Waals surface area (Å²) in [5, 5.41) is 16.2. The predicted octanol–water partition coefficient (Wildman–Crippen LogP) is 0.774. The van der Waals surface area contributed by atoms with Gasteiger partial charge in [-0.1, -0.05) is 5.16 Å². The fraction of sp³-hybridized carbons (Fsp3) is 0.550. The van der Waals surface area contributed by atoms with Crippen LogP contribution in [0.25, 0.3) is 0 Å². The highest BCUT2D eigenvalue weighted by Crippen LogP contribution is 2.27. The maximum Gasteiger partial charge on any atom is 0.296 e. The van der Waals surface area contributed by atoms with Crippen molar-refractivity contribution in [3.63, 3.8) is 0 Å². The second-order valence-corrected chi connectivity index (χ2v) is 7.98. The highest BCUT2D eigenvalue weighted by Gasteiger charge is 2.30. The first kappa shape index (κ1) is 22.5. The Balaban J connectivity index is 1.79. The average Bonchev–Trinajstić information content (AvgIpc) is 3.25. The van der Waals surface area contributed by atoms with Crippen molar-refractivity contribution in [1.29, 1.82) is 0 Å². The number of nitrogens with zero attached hydrogens (tertiary/aromatic N) is 5. The molecule has 0 radical (unpaired) electrons. The summed E-state index contributed by atoms with van der Waals surface area (Å²) in [6.07, 6.45) is 5.23. The zero-order valence-corrected chi connectivity index (χ0v) is 18.0. The number of anilines is 1. The van der Waals surface area contributed by atoms with Crippen LogP contribution in [0.15, 0.2) is 21.8 Å². The highest BCUT2D eigenvalue weighted by molar-refractivity contribution is 6.04. The Kier molecular flexibility index (Phi) is 7.06. The van der Waals surface area contributed by atoms with Gasteiger partial charge in [0.15, 0.2) is 5.69 Å². The van der Waals surface area contributed by atoms with Crippen LogP contribution in [0.2, 0.25) is 0 Å². The molecule has 3 heterocycles. The molecule has 31 heavy (non-hydrogen) atoms. The van der Waals surface area contributed by atoms with Crippen molar-refractivity contribution in [2.45, 2.75) is 31.6 Å². The van der Waals surface area contributed by atoms with E-state index in [-0.39, 0.29) is 23.2 Å². The Hall–Kier alpha value is -3.21. The fourth-order valence-electron chi connectivity index (χ4n) is 3.71. The molecular weight excluding hydrogens is 404 g/mol. The summed E-state index contributed by atoms with van der Waals surface area (Å²) in [5.74, 6) is -1.25. The summed E-state index contributed by atoms with van der Waals surface area (Å²) < 4.78 is 5.91. The molecule has 0 bridgehead atoms. The molecule has 1 unspecified atom stereocenters. The van der Waals surface area contributed by atoms with Gasteiger partial charge in [-0.15, -0.1) is 0 Å². The van der Waals surface area contributed by atoms with Crippen LogP contribution in [-0.2, 0) is 11.8 Å². The maximum absolute atomic E-state index is 12.6. The van der Waals surface area contributed by atoms with E-state index in [1.807, 2.05) is 19.0 Å². The van der Waals surface area contributed by atoms with Crippen LogP contribution < -0.4 is 10.9 Å². The number of rotatable bonds is 7. The molecule has 1 aliphatic heterocycles. The molecule has 0 aromatic carbocycles. The van der Waals surface area contributed by atoms with Gasteiger partial charge < -0.3 is 24.7 Å². The van der Waals surface area contributed by atoms with Gasteiger partial charge in [0.25, 0.3) is 11.5 Å². The number of nitrogens with one attached hydrogen (secondary N) is 1. The number of hydrogen-bond donors (Lipinski definition) is 2. The van der Waals surface area contributed by atoms with Crippen LogP contribution in [0.5, 0.6) is 5.75 Å². The quantitative estimate of drug-likeness (QED) is 0.655. The van der Waals surface area contributed by atoms with E-state index < -0.39 is 17.2 Å². The summed E-state index contributed by atoms with van der Waals surface area (Å²) in [5.41, 5.74) is -0.802. The molecule has 11 nitrogen and oxygen atoms in total. The normalized spacial score (nSPS) is 16.5. The molecule has 3 rings (SSSR count). The first-order valence-corrected chi connectivity index (χ1v) is 10.2. The van der Waals surface area contributed by atoms with Crippen molar-refractivity contribution in [3.05, 3.63) is 34.3 Å². The summed E-state index contributed by atoms with van der Waals surface area (Å²) in [4.78, 5) is 45.9. The third kappa shape index (κ3) is 5.29. The van der Waals surface area contributed by atoms with E-state index in [1.54, 1.807) is 4.90 Å². The summed E-state index contributed by atoms with van der Waals surface area (Å²) in [6.45, 7) is 1.91. The summed E-state index contributed by atoms with van der Waals surface area (Å²) in [7, 11) is 5.44. The fourth-order valence-corrected chi connectivity index (χ4v) is 3.71. The summed E-state index contributed by atoms with van der Waals surface area (Å²) in [6, 6.07) is 0. The molecule has 0 spiro atoms. The molecule has 1 aliphatic rings. The monoisotopic (exact) mass is 432 g/mol. The molecule has 0 saturated carbocycles. The van der Waals surface area contributed by atoms with Crippen LogP contribution in [0.4, 0.5) is 5.69 Å². The van der Waals surface area contributed by atoms with Gasteiger partial charge >= 0.3 is 0 Å². The predicted molar refractivity (Wildman–Crippen MR) is 112 cm³/mol. The Labute approximate surface area is 179 Å². The van der Waals surface area contributed by atoms with E-state index >= 15 is 0 Å². The van der Waals surface area contributed by atoms with Gasteiger partial charge in [-0.05, 0) is 39.9 Å². The van der Waals surface area contributed by atoms with Crippen molar-refractivity contribution < 1.29 is 19.2 Å². The largest absolute Gasteiger partial charge is 0.501 e. The van der Waals surface area contributed by atoms with E-state index in [0.29, 0.717) is 25.3 Å². The van der Waals surface area contributed by atoms with Gasteiger partial charge in [-0.25, -0.2) is 4.98 Å². The van der Waals surface area contributed by atoms with Crippen molar-refractivity contribution in [2.75, 3.05) is 39.0 Å². The Morgan fingerprint density at radius 3 is 2.84 bits per heavy atom. The zero-order valence-electron chi connectivity index (χ0n) is 18.0. The topological polar surface area (TPSA) is 134 Å². The number of aromatic hydroxyl groups is 1. The average molecular weight is 432 g/mol. The van der Waals surface area contributed by atoms with E-state index in [9.17, 15) is 19.5 Å². The van der Waals surface area contributed by atoms with Crippen molar-refractivity contribution >= 4 is 17.5 Å². The summed E-state index contributed by atoms with van der Waals surface area (Å²) >= 11 is 0. The number of aromatic nitrogens is 3. The number of carbonyl (C=O) groups excluding carboxylic acids is 2. The minimum absolute atomic E-state index is 0.0701. The van der Waals surface area contributed by atoms with Crippen LogP contribution in [0.1, 0.15) is 47.9 Å². The highest BCUT2D eigenvalue weighted by atomic mass is 16.5.